The fourth-order valence-corrected chi connectivity index (χ4v) is 2.86. The molecule has 1 saturated heterocycles. The highest BCUT2D eigenvalue weighted by atomic mass is 16.4. The standard InChI is InChI=1S/C14H19N3O3/c18-12-7-11(15-14(16-12)10-3-4-10)17-5-1-2-9(8-17)6-13(19)20/h7,9-10H,1-6,8H2,(H,19,20)(H,15,16,18). The molecule has 1 saturated carbocycles. The van der Waals surface area contributed by atoms with E-state index in [9.17, 15) is 9.59 Å². The van der Waals surface area contributed by atoms with Crippen LogP contribution < -0.4 is 10.5 Å². The summed E-state index contributed by atoms with van der Waals surface area (Å²) < 4.78 is 0. The van der Waals surface area contributed by atoms with Gasteiger partial charge in [0, 0.05) is 31.5 Å². The van der Waals surface area contributed by atoms with Crippen molar-refractivity contribution in [3.63, 3.8) is 0 Å². The van der Waals surface area contributed by atoms with Gasteiger partial charge in [0.1, 0.15) is 11.6 Å². The number of aliphatic carboxylic acids is 1. The summed E-state index contributed by atoms with van der Waals surface area (Å²) in [5.41, 5.74) is -0.114. The maximum absolute atomic E-state index is 11.7. The third kappa shape index (κ3) is 3.00. The largest absolute Gasteiger partial charge is 0.481 e. The lowest BCUT2D eigenvalue weighted by molar-refractivity contribution is -0.138. The van der Waals surface area contributed by atoms with E-state index in [2.05, 4.69) is 14.9 Å². The molecule has 1 aromatic heterocycles. The second-order valence-corrected chi connectivity index (χ2v) is 5.82. The molecule has 6 heteroatoms. The van der Waals surface area contributed by atoms with Crippen molar-refractivity contribution in [3.8, 4) is 0 Å². The van der Waals surface area contributed by atoms with E-state index in [1.165, 1.54) is 6.07 Å². The number of hydrogen-bond acceptors (Lipinski definition) is 4. The lowest BCUT2D eigenvalue weighted by Gasteiger charge is -2.33. The molecular weight excluding hydrogens is 258 g/mol. The molecule has 2 fully saturated rings. The summed E-state index contributed by atoms with van der Waals surface area (Å²) in [5.74, 6) is 1.28. The SMILES string of the molecule is O=C(O)CC1CCCN(c2cc(=O)[nH]c(C3CC3)n2)C1. The van der Waals surface area contributed by atoms with Crippen LogP contribution in [0.3, 0.4) is 0 Å². The molecule has 2 heterocycles. The highest BCUT2D eigenvalue weighted by Gasteiger charge is 2.28. The zero-order valence-electron chi connectivity index (χ0n) is 11.3. The summed E-state index contributed by atoms with van der Waals surface area (Å²) in [6.07, 6.45) is 4.25. The monoisotopic (exact) mass is 277 g/mol. The first kappa shape index (κ1) is 13.1. The predicted octanol–water partition coefficient (Wildman–Crippen LogP) is 1.34. The van der Waals surface area contributed by atoms with E-state index in [-0.39, 0.29) is 17.9 Å². The number of anilines is 1. The quantitative estimate of drug-likeness (QED) is 0.867. The van der Waals surface area contributed by atoms with E-state index in [1.54, 1.807) is 0 Å². The molecule has 1 atom stereocenters. The number of carbonyl (C=O) groups is 1. The van der Waals surface area contributed by atoms with Crippen molar-refractivity contribution in [3.05, 3.63) is 22.2 Å². The number of nitrogens with one attached hydrogen (secondary N) is 1. The van der Waals surface area contributed by atoms with Gasteiger partial charge in [0.25, 0.3) is 5.56 Å². The van der Waals surface area contributed by atoms with E-state index < -0.39 is 5.97 Å². The Bertz CT molecular complexity index is 565. The first-order valence-electron chi connectivity index (χ1n) is 7.20. The van der Waals surface area contributed by atoms with Gasteiger partial charge >= 0.3 is 5.97 Å². The Labute approximate surface area is 116 Å². The predicted molar refractivity (Wildman–Crippen MR) is 74.0 cm³/mol. The van der Waals surface area contributed by atoms with Gasteiger partial charge in [-0.15, -0.1) is 0 Å². The Morgan fingerprint density at radius 1 is 1.45 bits per heavy atom. The summed E-state index contributed by atoms with van der Waals surface area (Å²) in [4.78, 5) is 32.0. The highest BCUT2D eigenvalue weighted by molar-refractivity contribution is 5.67. The molecule has 2 aliphatic rings. The van der Waals surface area contributed by atoms with Gasteiger partial charge in [-0.25, -0.2) is 4.98 Å². The van der Waals surface area contributed by atoms with Crippen LogP contribution in [0.1, 0.15) is 43.8 Å². The molecule has 108 valence electrons. The summed E-state index contributed by atoms with van der Waals surface area (Å²) >= 11 is 0. The van der Waals surface area contributed by atoms with Crippen LogP contribution in [0.15, 0.2) is 10.9 Å². The number of H-pyrrole nitrogens is 1. The van der Waals surface area contributed by atoms with Crippen molar-refractivity contribution in [2.75, 3.05) is 18.0 Å². The highest BCUT2D eigenvalue weighted by Crippen LogP contribution is 2.38. The zero-order valence-corrected chi connectivity index (χ0v) is 11.3. The molecule has 3 rings (SSSR count). The smallest absolute Gasteiger partial charge is 0.303 e. The number of aromatic amines is 1. The number of nitrogens with zero attached hydrogens (tertiary/aromatic N) is 2. The van der Waals surface area contributed by atoms with E-state index in [1.807, 2.05) is 0 Å². The Kier molecular flexibility index (Phi) is 3.46. The minimum Gasteiger partial charge on any atom is -0.481 e. The Hall–Kier alpha value is -1.85. The average Bonchev–Trinajstić information content (AvgIpc) is 3.22. The first-order chi connectivity index (χ1) is 9.61. The Morgan fingerprint density at radius 3 is 2.95 bits per heavy atom. The number of carboxylic acids is 1. The molecule has 1 aliphatic heterocycles. The average molecular weight is 277 g/mol. The fraction of sp³-hybridized carbons (Fsp3) is 0.643. The van der Waals surface area contributed by atoms with Gasteiger partial charge in [-0.2, -0.15) is 0 Å². The van der Waals surface area contributed by atoms with Gasteiger partial charge in [-0.05, 0) is 31.6 Å². The number of hydrogen-bond donors (Lipinski definition) is 2. The van der Waals surface area contributed by atoms with Crippen LogP contribution in [0.25, 0.3) is 0 Å². The van der Waals surface area contributed by atoms with Crippen LogP contribution in [0.5, 0.6) is 0 Å². The molecule has 0 amide bonds. The molecular formula is C14H19N3O3. The molecule has 20 heavy (non-hydrogen) atoms. The molecule has 1 aliphatic carbocycles. The molecule has 2 N–H and O–H groups in total. The number of aromatic nitrogens is 2. The lowest BCUT2D eigenvalue weighted by atomic mass is 9.95. The summed E-state index contributed by atoms with van der Waals surface area (Å²) in [6, 6.07) is 1.52. The minimum atomic E-state index is -0.755. The summed E-state index contributed by atoms with van der Waals surface area (Å²) in [5, 5.41) is 8.90. The molecule has 6 nitrogen and oxygen atoms in total. The molecule has 0 bridgehead atoms. The van der Waals surface area contributed by atoms with Crippen LogP contribution >= 0.6 is 0 Å². The van der Waals surface area contributed by atoms with Gasteiger partial charge in [0.2, 0.25) is 0 Å². The van der Waals surface area contributed by atoms with Gasteiger partial charge in [-0.1, -0.05) is 0 Å². The second kappa shape index (κ2) is 5.26. The van der Waals surface area contributed by atoms with Crippen LogP contribution in [-0.2, 0) is 4.79 Å². The van der Waals surface area contributed by atoms with E-state index in [0.29, 0.717) is 18.3 Å². The van der Waals surface area contributed by atoms with Gasteiger partial charge in [0.15, 0.2) is 0 Å². The van der Waals surface area contributed by atoms with Crippen LogP contribution in [-0.4, -0.2) is 34.1 Å². The maximum atomic E-state index is 11.7. The van der Waals surface area contributed by atoms with Gasteiger partial charge in [0.05, 0.1) is 0 Å². The van der Waals surface area contributed by atoms with Crippen LogP contribution in [0.4, 0.5) is 5.82 Å². The Balaban J connectivity index is 1.77. The minimum absolute atomic E-state index is 0.114. The fourth-order valence-electron chi connectivity index (χ4n) is 2.86. The summed E-state index contributed by atoms with van der Waals surface area (Å²) in [7, 11) is 0. The van der Waals surface area contributed by atoms with Crippen molar-refractivity contribution in [1.82, 2.24) is 9.97 Å². The molecule has 0 radical (unpaired) electrons. The van der Waals surface area contributed by atoms with Gasteiger partial charge < -0.3 is 15.0 Å². The van der Waals surface area contributed by atoms with Gasteiger partial charge in [-0.3, -0.25) is 9.59 Å². The molecule has 1 aromatic rings. The molecule has 0 spiro atoms. The molecule has 0 aromatic carbocycles. The van der Waals surface area contributed by atoms with E-state index in [0.717, 1.165) is 38.1 Å². The topological polar surface area (TPSA) is 86.3 Å². The third-order valence-corrected chi connectivity index (χ3v) is 4.02. The molecule has 1 unspecified atom stereocenters. The zero-order chi connectivity index (χ0) is 14.1. The maximum Gasteiger partial charge on any atom is 0.303 e. The van der Waals surface area contributed by atoms with Crippen molar-refractivity contribution in [2.45, 2.75) is 38.0 Å². The number of rotatable bonds is 4. The number of carboxylic acid groups (broad SMARTS) is 1. The first-order valence-corrected chi connectivity index (χ1v) is 7.20. The Morgan fingerprint density at radius 2 is 2.25 bits per heavy atom. The van der Waals surface area contributed by atoms with Crippen molar-refractivity contribution in [1.29, 1.82) is 0 Å². The third-order valence-electron chi connectivity index (χ3n) is 4.02. The second-order valence-electron chi connectivity index (χ2n) is 5.82. The van der Waals surface area contributed by atoms with Crippen LogP contribution in [0, 0.1) is 5.92 Å². The van der Waals surface area contributed by atoms with Crippen molar-refractivity contribution >= 4 is 11.8 Å². The lowest BCUT2D eigenvalue weighted by Crippen LogP contribution is -2.37. The van der Waals surface area contributed by atoms with Crippen molar-refractivity contribution < 1.29 is 9.90 Å². The normalized spacial score (nSPS) is 22.8. The summed E-state index contributed by atoms with van der Waals surface area (Å²) in [6.45, 7) is 1.52. The van der Waals surface area contributed by atoms with E-state index >= 15 is 0 Å². The number of piperidine rings is 1. The van der Waals surface area contributed by atoms with E-state index in [4.69, 9.17) is 5.11 Å². The van der Waals surface area contributed by atoms with Crippen molar-refractivity contribution in [2.24, 2.45) is 5.92 Å². The van der Waals surface area contributed by atoms with Crippen LogP contribution in [0.2, 0.25) is 0 Å².